The third kappa shape index (κ3) is 4.52. The number of thiazole rings is 1. The number of fused-ring (bicyclic) bond motifs is 1. The fourth-order valence-corrected chi connectivity index (χ4v) is 4.33. The minimum absolute atomic E-state index is 0. The van der Waals surface area contributed by atoms with Crippen LogP contribution in [-0.4, -0.2) is 27.0 Å². The molecule has 0 unspecified atom stereocenters. The number of aryl methyl sites for hydroxylation is 4. The van der Waals surface area contributed by atoms with Crippen molar-refractivity contribution < 1.29 is 9.21 Å². The van der Waals surface area contributed by atoms with Gasteiger partial charge in [-0.2, -0.15) is 0 Å². The number of anilines is 1. The fraction of sp³-hybridized carbons (Fsp3) is 0.286. The van der Waals surface area contributed by atoms with Gasteiger partial charge in [0, 0.05) is 25.5 Å². The molecule has 4 aromatic rings. The van der Waals surface area contributed by atoms with E-state index in [1.807, 2.05) is 36.7 Å². The lowest BCUT2D eigenvalue weighted by atomic mass is 10.2. The Morgan fingerprint density at radius 2 is 2.07 bits per heavy atom. The van der Waals surface area contributed by atoms with Crippen LogP contribution in [0.2, 0.25) is 0 Å². The number of carbonyl (C=O) groups is 1. The molecule has 3 aromatic heterocycles. The van der Waals surface area contributed by atoms with E-state index in [9.17, 15) is 4.79 Å². The van der Waals surface area contributed by atoms with E-state index < -0.39 is 0 Å². The van der Waals surface area contributed by atoms with Gasteiger partial charge in [-0.3, -0.25) is 9.69 Å². The highest BCUT2D eigenvalue weighted by Gasteiger charge is 2.24. The van der Waals surface area contributed by atoms with Gasteiger partial charge in [-0.15, -0.1) is 12.4 Å². The summed E-state index contributed by atoms with van der Waals surface area (Å²) in [5, 5.41) is 0.717. The normalized spacial score (nSPS) is 10.9. The molecule has 0 aliphatic rings. The van der Waals surface area contributed by atoms with Crippen LogP contribution in [0.1, 0.15) is 33.9 Å². The summed E-state index contributed by atoms with van der Waals surface area (Å²) < 4.78 is 8.68. The Bertz CT molecular complexity index is 1120. The summed E-state index contributed by atoms with van der Waals surface area (Å²) >= 11 is 1.55. The Kier molecular flexibility index (Phi) is 6.39. The number of furan rings is 1. The van der Waals surface area contributed by atoms with E-state index in [1.165, 1.54) is 5.56 Å². The zero-order valence-electron chi connectivity index (χ0n) is 16.6. The summed E-state index contributed by atoms with van der Waals surface area (Å²) in [7, 11) is 0. The van der Waals surface area contributed by atoms with Gasteiger partial charge in [-0.05, 0) is 51.0 Å². The summed E-state index contributed by atoms with van der Waals surface area (Å²) in [6.07, 6.45) is 6.27. The number of carbonyl (C=O) groups excluding carboxylic acids is 1. The molecule has 0 aliphatic heterocycles. The molecule has 1 amide bonds. The standard InChI is InChI=1S/C21H22N4O2S.ClH/c1-14-5-6-18-19(11-14)28-21(23-18)25(9-4-8-24-10-7-22-13-24)20(26)17-12-15(2)27-16(17)3;/h5-7,10-13H,4,8-9H2,1-3H3;1H. The zero-order valence-corrected chi connectivity index (χ0v) is 18.2. The molecule has 6 nitrogen and oxygen atoms in total. The molecule has 0 saturated carbocycles. The zero-order chi connectivity index (χ0) is 19.7. The van der Waals surface area contributed by atoms with E-state index >= 15 is 0 Å². The molecule has 4 rings (SSSR count). The van der Waals surface area contributed by atoms with Crippen LogP contribution in [0, 0.1) is 20.8 Å². The van der Waals surface area contributed by atoms with Crippen LogP contribution in [0.15, 0.2) is 47.4 Å². The highest BCUT2D eigenvalue weighted by Crippen LogP contribution is 2.31. The number of hydrogen-bond donors (Lipinski definition) is 0. The predicted molar refractivity (Wildman–Crippen MR) is 118 cm³/mol. The highest BCUT2D eigenvalue weighted by atomic mass is 35.5. The van der Waals surface area contributed by atoms with Gasteiger partial charge < -0.3 is 8.98 Å². The molecule has 0 spiro atoms. The van der Waals surface area contributed by atoms with Crippen molar-refractivity contribution in [1.82, 2.24) is 14.5 Å². The van der Waals surface area contributed by atoms with Crippen LogP contribution >= 0.6 is 23.7 Å². The smallest absolute Gasteiger partial charge is 0.263 e. The van der Waals surface area contributed by atoms with Crippen molar-refractivity contribution >= 4 is 45.0 Å². The van der Waals surface area contributed by atoms with E-state index in [0.717, 1.165) is 34.1 Å². The Balaban J connectivity index is 0.00000240. The molecule has 0 saturated heterocycles. The average Bonchev–Trinajstić information content (AvgIpc) is 3.38. The predicted octanol–water partition coefficient (Wildman–Crippen LogP) is 5.17. The van der Waals surface area contributed by atoms with Crippen LogP contribution in [0.25, 0.3) is 10.2 Å². The number of nitrogens with zero attached hydrogens (tertiary/aromatic N) is 4. The molecular formula is C21H23ClN4O2S. The minimum Gasteiger partial charge on any atom is -0.466 e. The van der Waals surface area contributed by atoms with Crippen molar-refractivity contribution in [2.45, 2.75) is 33.7 Å². The summed E-state index contributed by atoms with van der Waals surface area (Å²) in [5.74, 6) is 1.30. The fourth-order valence-electron chi connectivity index (χ4n) is 3.24. The lowest BCUT2D eigenvalue weighted by molar-refractivity contribution is 0.0985. The van der Waals surface area contributed by atoms with Crippen LogP contribution in [0.3, 0.4) is 0 Å². The molecular weight excluding hydrogens is 408 g/mol. The monoisotopic (exact) mass is 430 g/mol. The van der Waals surface area contributed by atoms with Gasteiger partial charge in [-0.25, -0.2) is 9.97 Å². The lowest BCUT2D eigenvalue weighted by Crippen LogP contribution is -2.32. The summed E-state index contributed by atoms with van der Waals surface area (Å²) in [6.45, 7) is 7.10. The summed E-state index contributed by atoms with van der Waals surface area (Å²) in [4.78, 5) is 23.9. The first kappa shape index (κ1) is 21.1. The van der Waals surface area contributed by atoms with Gasteiger partial charge in [0.15, 0.2) is 5.13 Å². The molecule has 152 valence electrons. The second-order valence-electron chi connectivity index (χ2n) is 6.91. The molecule has 29 heavy (non-hydrogen) atoms. The molecule has 8 heteroatoms. The SMILES string of the molecule is Cc1ccc2nc(N(CCCn3ccnc3)C(=O)c3cc(C)oc3C)sc2c1.Cl. The first-order valence-corrected chi connectivity index (χ1v) is 10.0. The van der Waals surface area contributed by atoms with Crippen LogP contribution in [0.4, 0.5) is 5.13 Å². The number of imidazole rings is 1. The Morgan fingerprint density at radius 3 is 2.76 bits per heavy atom. The van der Waals surface area contributed by atoms with E-state index in [4.69, 9.17) is 9.40 Å². The Hall–Kier alpha value is -2.64. The number of halogens is 1. The van der Waals surface area contributed by atoms with Gasteiger partial charge in [0.05, 0.1) is 22.1 Å². The molecule has 0 fully saturated rings. The number of benzene rings is 1. The maximum absolute atomic E-state index is 13.3. The topological polar surface area (TPSA) is 64.2 Å². The third-order valence-corrected chi connectivity index (χ3v) is 5.68. The first-order chi connectivity index (χ1) is 13.5. The number of hydrogen-bond acceptors (Lipinski definition) is 5. The maximum atomic E-state index is 13.3. The van der Waals surface area contributed by atoms with Crippen molar-refractivity contribution in [2.24, 2.45) is 0 Å². The largest absolute Gasteiger partial charge is 0.466 e. The minimum atomic E-state index is -0.0734. The molecule has 0 N–H and O–H groups in total. The summed E-state index contributed by atoms with van der Waals surface area (Å²) in [6, 6.07) is 7.96. The van der Waals surface area contributed by atoms with Gasteiger partial charge >= 0.3 is 0 Å². The molecule has 0 atom stereocenters. The molecule has 3 heterocycles. The van der Waals surface area contributed by atoms with E-state index in [-0.39, 0.29) is 18.3 Å². The average molecular weight is 431 g/mol. The summed E-state index contributed by atoms with van der Waals surface area (Å²) in [5.41, 5.74) is 2.69. The second-order valence-corrected chi connectivity index (χ2v) is 7.91. The molecule has 0 radical (unpaired) electrons. The van der Waals surface area contributed by atoms with E-state index in [1.54, 1.807) is 34.8 Å². The maximum Gasteiger partial charge on any atom is 0.263 e. The number of aromatic nitrogens is 3. The lowest BCUT2D eigenvalue weighted by Gasteiger charge is -2.19. The van der Waals surface area contributed by atoms with Crippen molar-refractivity contribution in [2.75, 3.05) is 11.4 Å². The Morgan fingerprint density at radius 1 is 1.24 bits per heavy atom. The van der Waals surface area contributed by atoms with Gasteiger partial charge in [0.1, 0.15) is 11.5 Å². The van der Waals surface area contributed by atoms with Crippen LogP contribution in [-0.2, 0) is 6.54 Å². The van der Waals surface area contributed by atoms with Gasteiger partial charge in [0.25, 0.3) is 5.91 Å². The quantitative estimate of drug-likeness (QED) is 0.423. The van der Waals surface area contributed by atoms with Crippen molar-refractivity contribution in [3.05, 3.63) is 65.6 Å². The number of amides is 1. The van der Waals surface area contributed by atoms with Crippen molar-refractivity contribution in [3.8, 4) is 0 Å². The molecule has 1 aromatic carbocycles. The van der Waals surface area contributed by atoms with E-state index in [0.29, 0.717) is 17.9 Å². The van der Waals surface area contributed by atoms with Crippen LogP contribution < -0.4 is 4.90 Å². The van der Waals surface area contributed by atoms with Crippen molar-refractivity contribution in [1.29, 1.82) is 0 Å². The molecule has 0 aliphatic carbocycles. The first-order valence-electron chi connectivity index (χ1n) is 9.23. The highest BCUT2D eigenvalue weighted by molar-refractivity contribution is 7.22. The number of rotatable bonds is 6. The second kappa shape index (κ2) is 8.80. The Labute approximate surface area is 179 Å². The van der Waals surface area contributed by atoms with Crippen LogP contribution in [0.5, 0.6) is 0 Å². The molecule has 0 bridgehead atoms. The van der Waals surface area contributed by atoms with Gasteiger partial charge in [-0.1, -0.05) is 17.4 Å². The van der Waals surface area contributed by atoms with Crippen molar-refractivity contribution in [3.63, 3.8) is 0 Å². The van der Waals surface area contributed by atoms with E-state index in [2.05, 4.69) is 18.0 Å². The third-order valence-electron chi connectivity index (χ3n) is 4.64. The van der Waals surface area contributed by atoms with Gasteiger partial charge in [0.2, 0.25) is 0 Å².